The number of esters is 1. The molecule has 1 aliphatic heterocycles. The molecule has 1 aromatic carbocycles. The summed E-state index contributed by atoms with van der Waals surface area (Å²) in [5.74, 6) is -0.457. The van der Waals surface area contributed by atoms with Gasteiger partial charge in [0.25, 0.3) is 0 Å². The molecule has 1 unspecified atom stereocenters. The number of nitrogens with zero attached hydrogens (tertiary/aromatic N) is 1. The van der Waals surface area contributed by atoms with Crippen molar-refractivity contribution in [3.05, 3.63) is 52.2 Å². The summed E-state index contributed by atoms with van der Waals surface area (Å²) in [6, 6.07) is 9.91. The second kappa shape index (κ2) is 8.97. The summed E-state index contributed by atoms with van der Waals surface area (Å²) < 4.78 is 33.0. The molecule has 1 atom stereocenters. The first kappa shape index (κ1) is 20.0. The Kier molecular flexibility index (Phi) is 6.64. The molecule has 1 aromatic heterocycles. The molecule has 2 aromatic rings. The SMILES string of the molecule is CCOC(=O)c1ccc(S(=O)(=O)NCC(c2cccs2)N2CCCC2)cc1. The normalized spacial score (nSPS) is 16.3. The van der Waals surface area contributed by atoms with Crippen LogP contribution in [-0.2, 0) is 14.8 Å². The third kappa shape index (κ3) is 4.95. The van der Waals surface area contributed by atoms with E-state index in [-0.39, 0.29) is 17.5 Å². The number of ether oxygens (including phenoxy) is 1. The van der Waals surface area contributed by atoms with Crippen LogP contribution in [0.15, 0.2) is 46.7 Å². The van der Waals surface area contributed by atoms with Crippen LogP contribution >= 0.6 is 11.3 Å². The van der Waals surface area contributed by atoms with Crippen molar-refractivity contribution >= 4 is 27.3 Å². The molecule has 27 heavy (non-hydrogen) atoms. The molecule has 8 heteroatoms. The van der Waals surface area contributed by atoms with Crippen LogP contribution in [0.1, 0.15) is 41.0 Å². The second-order valence-corrected chi connectivity index (χ2v) is 9.12. The number of carbonyl (C=O) groups excluding carboxylic acids is 1. The zero-order chi connectivity index (χ0) is 19.3. The molecular weight excluding hydrogens is 384 g/mol. The van der Waals surface area contributed by atoms with Crippen molar-refractivity contribution in [2.24, 2.45) is 0 Å². The number of benzene rings is 1. The molecule has 146 valence electrons. The zero-order valence-electron chi connectivity index (χ0n) is 15.3. The highest BCUT2D eigenvalue weighted by Crippen LogP contribution is 2.28. The predicted molar refractivity (Wildman–Crippen MR) is 105 cm³/mol. The first-order valence-electron chi connectivity index (χ1n) is 9.05. The summed E-state index contributed by atoms with van der Waals surface area (Å²) in [6.07, 6.45) is 2.29. The molecule has 1 fully saturated rings. The van der Waals surface area contributed by atoms with E-state index in [1.165, 1.54) is 24.3 Å². The van der Waals surface area contributed by atoms with Crippen molar-refractivity contribution in [1.82, 2.24) is 9.62 Å². The van der Waals surface area contributed by atoms with E-state index in [0.29, 0.717) is 12.1 Å². The van der Waals surface area contributed by atoms with Gasteiger partial charge >= 0.3 is 5.97 Å². The van der Waals surface area contributed by atoms with Gasteiger partial charge in [0.1, 0.15) is 0 Å². The summed E-state index contributed by atoms with van der Waals surface area (Å²) >= 11 is 1.65. The first-order valence-corrected chi connectivity index (χ1v) is 11.4. The van der Waals surface area contributed by atoms with Gasteiger partial charge in [0.15, 0.2) is 0 Å². The summed E-state index contributed by atoms with van der Waals surface area (Å²) in [7, 11) is -3.65. The van der Waals surface area contributed by atoms with E-state index in [2.05, 4.69) is 15.7 Å². The molecule has 0 saturated carbocycles. The van der Waals surface area contributed by atoms with Gasteiger partial charge in [0.05, 0.1) is 23.1 Å². The molecule has 0 aliphatic carbocycles. The molecule has 1 saturated heterocycles. The van der Waals surface area contributed by atoms with Gasteiger partial charge in [0, 0.05) is 11.4 Å². The summed E-state index contributed by atoms with van der Waals surface area (Å²) in [4.78, 5) is 15.3. The Hall–Kier alpha value is -1.74. The van der Waals surface area contributed by atoms with Gasteiger partial charge in [-0.15, -0.1) is 11.3 Å². The Morgan fingerprint density at radius 1 is 1.22 bits per heavy atom. The fourth-order valence-corrected chi connectivity index (χ4v) is 5.10. The van der Waals surface area contributed by atoms with Crippen LogP contribution in [-0.4, -0.2) is 45.5 Å². The lowest BCUT2D eigenvalue weighted by molar-refractivity contribution is 0.0526. The van der Waals surface area contributed by atoms with Crippen molar-refractivity contribution in [1.29, 1.82) is 0 Å². The van der Waals surface area contributed by atoms with Gasteiger partial charge in [-0.05, 0) is 68.6 Å². The minimum Gasteiger partial charge on any atom is -0.462 e. The fourth-order valence-electron chi connectivity index (χ4n) is 3.20. The van der Waals surface area contributed by atoms with E-state index >= 15 is 0 Å². The van der Waals surface area contributed by atoms with Crippen molar-refractivity contribution in [2.45, 2.75) is 30.7 Å². The average molecular weight is 409 g/mol. The number of sulfonamides is 1. The van der Waals surface area contributed by atoms with E-state index in [1.807, 2.05) is 11.4 Å². The molecule has 2 heterocycles. The van der Waals surface area contributed by atoms with Gasteiger partial charge in [-0.25, -0.2) is 17.9 Å². The topological polar surface area (TPSA) is 75.7 Å². The molecule has 0 spiro atoms. The van der Waals surface area contributed by atoms with E-state index in [9.17, 15) is 13.2 Å². The number of carbonyl (C=O) groups is 1. The standard InChI is InChI=1S/C19H24N2O4S2/c1-2-25-19(22)15-7-9-16(10-8-15)27(23,24)20-14-17(18-6-5-13-26-18)21-11-3-4-12-21/h5-10,13,17,20H,2-4,11-12,14H2,1H3. The zero-order valence-corrected chi connectivity index (χ0v) is 16.9. The van der Waals surface area contributed by atoms with Crippen LogP contribution in [0.3, 0.4) is 0 Å². The predicted octanol–water partition coefficient (Wildman–Crippen LogP) is 3.04. The maximum Gasteiger partial charge on any atom is 0.338 e. The molecule has 0 radical (unpaired) electrons. The van der Waals surface area contributed by atoms with Crippen molar-refractivity contribution in [3.63, 3.8) is 0 Å². The van der Waals surface area contributed by atoms with E-state index in [0.717, 1.165) is 30.8 Å². The number of thiophene rings is 1. The van der Waals surface area contributed by atoms with Crippen molar-refractivity contribution in [3.8, 4) is 0 Å². The Balaban J connectivity index is 1.70. The third-order valence-electron chi connectivity index (χ3n) is 4.60. The lowest BCUT2D eigenvalue weighted by atomic mass is 10.2. The van der Waals surface area contributed by atoms with Gasteiger partial charge in [0.2, 0.25) is 10.0 Å². The minimum atomic E-state index is -3.65. The van der Waals surface area contributed by atoms with Gasteiger partial charge < -0.3 is 4.74 Å². The average Bonchev–Trinajstić information content (AvgIpc) is 3.37. The Bertz CT molecular complexity index is 842. The quantitative estimate of drug-likeness (QED) is 0.680. The molecule has 1 aliphatic rings. The number of likely N-dealkylation sites (tertiary alicyclic amines) is 1. The van der Waals surface area contributed by atoms with E-state index < -0.39 is 16.0 Å². The maximum atomic E-state index is 12.7. The molecule has 0 amide bonds. The van der Waals surface area contributed by atoms with Gasteiger partial charge in [-0.2, -0.15) is 0 Å². The highest BCUT2D eigenvalue weighted by atomic mass is 32.2. The molecule has 1 N–H and O–H groups in total. The van der Waals surface area contributed by atoms with Gasteiger partial charge in [-0.3, -0.25) is 4.90 Å². The van der Waals surface area contributed by atoms with Crippen LogP contribution in [0.2, 0.25) is 0 Å². The van der Waals surface area contributed by atoms with Gasteiger partial charge in [-0.1, -0.05) is 6.07 Å². The van der Waals surface area contributed by atoms with Crippen molar-refractivity contribution in [2.75, 3.05) is 26.2 Å². The summed E-state index contributed by atoms with van der Waals surface area (Å²) in [5, 5.41) is 2.01. The monoisotopic (exact) mass is 408 g/mol. The molecule has 0 bridgehead atoms. The van der Waals surface area contributed by atoms with Crippen LogP contribution in [0, 0.1) is 0 Å². The number of hydrogen-bond acceptors (Lipinski definition) is 6. The maximum absolute atomic E-state index is 12.7. The van der Waals surface area contributed by atoms with Crippen LogP contribution in [0.25, 0.3) is 0 Å². The van der Waals surface area contributed by atoms with Crippen molar-refractivity contribution < 1.29 is 17.9 Å². The highest BCUT2D eigenvalue weighted by molar-refractivity contribution is 7.89. The van der Waals surface area contributed by atoms with Crippen LogP contribution in [0.5, 0.6) is 0 Å². The smallest absolute Gasteiger partial charge is 0.338 e. The minimum absolute atomic E-state index is 0.0427. The molecular formula is C19H24N2O4S2. The summed E-state index contributed by atoms with van der Waals surface area (Å²) in [6.45, 7) is 4.30. The second-order valence-electron chi connectivity index (χ2n) is 6.37. The third-order valence-corrected chi connectivity index (χ3v) is 7.01. The number of rotatable bonds is 8. The molecule has 6 nitrogen and oxygen atoms in total. The Labute approximate surface area is 164 Å². The van der Waals surface area contributed by atoms with E-state index in [4.69, 9.17) is 4.74 Å². The first-order chi connectivity index (χ1) is 13.0. The Morgan fingerprint density at radius 3 is 2.52 bits per heavy atom. The van der Waals surface area contributed by atoms with Crippen LogP contribution < -0.4 is 4.72 Å². The molecule has 3 rings (SSSR count). The lowest BCUT2D eigenvalue weighted by Crippen LogP contribution is -2.36. The van der Waals surface area contributed by atoms with E-state index in [1.54, 1.807) is 18.3 Å². The largest absolute Gasteiger partial charge is 0.462 e. The van der Waals surface area contributed by atoms with Crippen LogP contribution in [0.4, 0.5) is 0 Å². The number of nitrogens with one attached hydrogen (secondary N) is 1. The highest BCUT2D eigenvalue weighted by Gasteiger charge is 2.26. The Morgan fingerprint density at radius 2 is 1.93 bits per heavy atom. The number of hydrogen-bond donors (Lipinski definition) is 1. The lowest BCUT2D eigenvalue weighted by Gasteiger charge is -2.26. The summed E-state index contributed by atoms with van der Waals surface area (Å²) in [5.41, 5.74) is 0.337. The fraction of sp³-hybridized carbons (Fsp3) is 0.421.